The van der Waals surface area contributed by atoms with Gasteiger partial charge in [0.25, 0.3) is 0 Å². The van der Waals surface area contributed by atoms with Crippen LogP contribution in [-0.4, -0.2) is 39.4 Å². The molecule has 0 unspecified atom stereocenters. The van der Waals surface area contributed by atoms with Gasteiger partial charge in [0, 0.05) is 6.42 Å². The summed E-state index contributed by atoms with van der Waals surface area (Å²) < 4.78 is -2.45. The molecule has 2 heterocycles. The quantitative estimate of drug-likeness (QED) is 0.731. The number of carbonyl (C=O) groups is 1. The molecule has 0 radical (unpaired) electrons. The molecule has 120 valence electrons. The van der Waals surface area contributed by atoms with Crippen molar-refractivity contribution >= 4 is 64.0 Å². The molecule has 0 aliphatic rings. The summed E-state index contributed by atoms with van der Waals surface area (Å²) in [5.41, 5.74) is 0. The van der Waals surface area contributed by atoms with Crippen LogP contribution in [0.15, 0.2) is 12.7 Å². The zero-order chi connectivity index (χ0) is 16.5. The van der Waals surface area contributed by atoms with Crippen LogP contribution in [-0.2, 0) is 10.8 Å². The molecule has 0 aromatic carbocycles. The predicted octanol–water partition coefficient (Wildman–Crippen LogP) is 3.34. The van der Waals surface area contributed by atoms with Crippen LogP contribution >= 0.6 is 58.0 Å². The van der Waals surface area contributed by atoms with Gasteiger partial charge in [0.15, 0.2) is 11.6 Å². The van der Waals surface area contributed by atoms with Crippen LogP contribution in [0.25, 0.3) is 0 Å². The van der Waals surface area contributed by atoms with Gasteiger partial charge >= 0.3 is 6.03 Å². The van der Waals surface area contributed by atoms with Crippen LogP contribution in [0.3, 0.4) is 0 Å². The average molecular weight is 406 g/mol. The van der Waals surface area contributed by atoms with Gasteiger partial charge in [-0.1, -0.05) is 64.9 Å². The maximum atomic E-state index is 12.4. The Kier molecular flexibility index (Phi) is 5.23. The van der Waals surface area contributed by atoms with Gasteiger partial charge in [-0.15, -0.1) is 5.10 Å². The average Bonchev–Trinajstić information content (AvgIpc) is 3.06. The van der Waals surface area contributed by atoms with E-state index in [2.05, 4.69) is 20.2 Å². The van der Waals surface area contributed by atoms with Gasteiger partial charge in [0.1, 0.15) is 12.7 Å². The minimum Gasteiger partial charge on any atom is -0.243 e. The van der Waals surface area contributed by atoms with E-state index in [1.807, 2.05) is 6.92 Å². The number of halogens is 5. The van der Waals surface area contributed by atoms with Crippen molar-refractivity contribution in [3.05, 3.63) is 24.3 Å². The van der Waals surface area contributed by atoms with Crippen LogP contribution in [0.5, 0.6) is 0 Å². The summed E-state index contributed by atoms with van der Waals surface area (Å²) in [7, 11) is 0. The summed E-state index contributed by atoms with van der Waals surface area (Å²) in [5, 5.41) is 7.77. The molecule has 2 rings (SSSR count). The fourth-order valence-corrected chi connectivity index (χ4v) is 2.05. The lowest BCUT2D eigenvalue weighted by Gasteiger charge is -2.25. The van der Waals surface area contributed by atoms with E-state index in [1.165, 1.54) is 12.7 Å². The number of aryl methyl sites for hydroxylation is 1. The third kappa shape index (κ3) is 3.33. The fourth-order valence-electron chi connectivity index (χ4n) is 1.55. The second-order valence-corrected chi connectivity index (χ2v) is 7.82. The molecule has 0 saturated carbocycles. The topological polar surface area (TPSA) is 78.5 Å². The summed E-state index contributed by atoms with van der Waals surface area (Å²) in [5.74, 6) is 0.130. The van der Waals surface area contributed by atoms with Crippen LogP contribution in [0, 0.1) is 0 Å². The molecule has 0 saturated heterocycles. The molecule has 0 amide bonds. The smallest absolute Gasteiger partial charge is 0.243 e. The van der Waals surface area contributed by atoms with E-state index < -0.39 is 14.2 Å². The van der Waals surface area contributed by atoms with Gasteiger partial charge in [-0.25, -0.2) is 14.8 Å². The van der Waals surface area contributed by atoms with Crippen LogP contribution in [0.4, 0.5) is 4.79 Å². The fraction of sp³-hybridized carbons (Fsp3) is 0.500. The first-order valence-corrected chi connectivity index (χ1v) is 7.87. The van der Waals surface area contributed by atoms with E-state index in [4.69, 9.17) is 58.0 Å². The van der Waals surface area contributed by atoms with E-state index in [0.29, 0.717) is 12.2 Å². The van der Waals surface area contributed by atoms with E-state index in [0.717, 1.165) is 15.8 Å². The highest BCUT2D eigenvalue weighted by Gasteiger charge is 2.52. The zero-order valence-corrected chi connectivity index (χ0v) is 14.8. The van der Waals surface area contributed by atoms with Crippen molar-refractivity contribution in [2.24, 2.45) is 0 Å². The predicted molar refractivity (Wildman–Crippen MR) is 83.9 cm³/mol. The largest absolute Gasteiger partial charge is 0.372 e. The molecule has 0 bridgehead atoms. The monoisotopic (exact) mass is 404 g/mol. The standard InChI is InChI=1S/C10H9Cl5N6O/c1-2-3-6-18-7(9(11,12)10(13,14)15)21(19-6)8(22)20-5-16-4-17-20/h4-5H,2-3H2,1H3. The van der Waals surface area contributed by atoms with Crippen molar-refractivity contribution in [1.82, 2.24) is 29.5 Å². The van der Waals surface area contributed by atoms with Gasteiger partial charge in [-0.05, 0) is 6.42 Å². The van der Waals surface area contributed by atoms with Crippen LogP contribution in [0.1, 0.15) is 25.0 Å². The van der Waals surface area contributed by atoms with Crippen molar-refractivity contribution in [1.29, 1.82) is 0 Å². The van der Waals surface area contributed by atoms with E-state index in [1.54, 1.807) is 0 Å². The SMILES string of the molecule is CCCc1nc(C(Cl)(Cl)C(Cl)(Cl)Cl)n(C(=O)n2cncn2)n1. The zero-order valence-electron chi connectivity index (χ0n) is 11.1. The first kappa shape index (κ1) is 17.7. The molecule has 22 heavy (non-hydrogen) atoms. The minimum absolute atomic E-state index is 0.209. The van der Waals surface area contributed by atoms with E-state index >= 15 is 0 Å². The molecule has 0 aliphatic heterocycles. The summed E-state index contributed by atoms with van der Waals surface area (Å²) >= 11 is 29.6. The second-order valence-electron chi connectivity index (χ2n) is 4.21. The number of hydrogen-bond donors (Lipinski definition) is 0. The lowest BCUT2D eigenvalue weighted by Crippen LogP contribution is -2.35. The molecule has 2 aromatic rings. The number of aromatic nitrogens is 6. The lowest BCUT2D eigenvalue weighted by molar-refractivity contribution is 0.237. The molecule has 0 N–H and O–H groups in total. The highest BCUT2D eigenvalue weighted by molar-refractivity contribution is 6.75. The summed E-state index contributed by atoms with van der Waals surface area (Å²) in [4.78, 5) is 20.2. The normalized spacial score (nSPS) is 12.6. The van der Waals surface area contributed by atoms with Crippen molar-refractivity contribution in [3.8, 4) is 0 Å². The van der Waals surface area contributed by atoms with E-state index in [-0.39, 0.29) is 5.82 Å². The third-order valence-corrected chi connectivity index (χ3v) is 4.89. The maximum absolute atomic E-state index is 12.4. The van der Waals surface area contributed by atoms with Gasteiger partial charge in [-0.2, -0.15) is 14.5 Å². The lowest BCUT2D eigenvalue weighted by atomic mass is 10.3. The van der Waals surface area contributed by atoms with Crippen LogP contribution in [0.2, 0.25) is 0 Å². The molecule has 2 aromatic heterocycles. The molecule has 12 heteroatoms. The maximum Gasteiger partial charge on any atom is 0.372 e. The minimum atomic E-state index is -2.13. The van der Waals surface area contributed by atoms with Crippen molar-refractivity contribution < 1.29 is 4.79 Å². The number of rotatable bonds is 3. The Labute approximate surface area is 150 Å². The summed E-state index contributed by atoms with van der Waals surface area (Å²) in [6, 6.07) is -0.706. The molecule has 0 spiro atoms. The number of nitrogens with zero attached hydrogens (tertiary/aromatic N) is 6. The Morgan fingerprint density at radius 3 is 2.45 bits per heavy atom. The van der Waals surface area contributed by atoms with Crippen molar-refractivity contribution in [2.75, 3.05) is 0 Å². The Morgan fingerprint density at radius 1 is 1.27 bits per heavy atom. The van der Waals surface area contributed by atoms with Crippen LogP contribution < -0.4 is 0 Å². The van der Waals surface area contributed by atoms with Gasteiger partial charge in [-0.3, -0.25) is 0 Å². The summed E-state index contributed by atoms with van der Waals surface area (Å²) in [6.45, 7) is 1.92. The Balaban J connectivity index is 2.55. The third-order valence-electron chi connectivity index (χ3n) is 2.56. The highest BCUT2D eigenvalue weighted by Crippen LogP contribution is 2.52. The Bertz CT molecular complexity index is 662. The number of hydrogen-bond acceptors (Lipinski definition) is 5. The van der Waals surface area contributed by atoms with Gasteiger partial charge in [0.05, 0.1) is 0 Å². The summed E-state index contributed by atoms with van der Waals surface area (Å²) in [6.07, 6.45) is 3.61. The van der Waals surface area contributed by atoms with Crippen molar-refractivity contribution in [3.63, 3.8) is 0 Å². The highest BCUT2D eigenvalue weighted by atomic mass is 35.6. The Morgan fingerprint density at radius 2 is 1.95 bits per heavy atom. The van der Waals surface area contributed by atoms with Gasteiger partial charge < -0.3 is 0 Å². The molecule has 0 fully saturated rings. The molecule has 0 atom stereocenters. The first-order chi connectivity index (χ1) is 10.2. The molecular weight excluding hydrogens is 397 g/mol. The van der Waals surface area contributed by atoms with Gasteiger partial charge in [0.2, 0.25) is 8.13 Å². The molecular formula is C10H9Cl5N6O. The Hall–Kier alpha value is -0.600. The van der Waals surface area contributed by atoms with Crippen molar-refractivity contribution in [2.45, 2.75) is 27.9 Å². The number of alkyl halides is 5. The molecule has 7 nitrogen and oxygen atoms in total. The molecule has 0 aliphatic carbocycles. The number of carbonyl (C=O) groups excluding carboxylic acids is 1. The second kappa shape index (κ2) is 6.49. The van der Waals surface area contributed by atoms with E-state index in [9.17, 15) is 4.79 Å². The first-order valence-electron chi connectivity index (χ1n) is 5.98.